The van der Waals surface area contributed by atoms with Crippen molar-refractivity contribution in [2.45, 2.75) is 0 Å². The summed E-state index contributed by atoms with van der Waals surface area (Å²) < 4.78 is 0. The van der Waals surface area contributed by atoms with Gasteiger partial charge in [0, 0.05) is 0 Å². The van der Waals surface area contributed by atoms with Gasteiger partial charge in [-0.15, -0.1) is 0 Å². The number of carbonyl (C=O) groups excluding carboxylic acids is 2. The third-order valence-corrected chi connectivity index (χ3v) is 0.609. The summed E-state index contributed by atoms with van der Waals surface area (Å²) in [7, 11) is 0. The lowest BCUT2D eigenvalue weighted by Crippen LogP contribution is -2.15. The van der Waals surface area contributed by atoms with Crippen molar-refractivity contribution in [1.82, 2.24) is 4.90 Å². The second-order valence-corrected chi connectivity index (χ2v) is 0.974. The maximum absolute atomic E-state index is 9.56. The minimum Gasteiger partial charge on any atom is -0.278 e. The normalized spacial score (nSPS) is 6.86. The topological polar surface area (TPSA) is 37.4 Å². The van der Waals surface area contributed by atoms with Gasteiger partial charge in [0.05, 0.1) is 5.49 Å². The molecule has 0 aromatic rings. The van der Waals surface area contributed by atoms with Crippen LogP contribution in [-0.4, -0.2) is 23.2 Å². The molecule has 0 saturated carbocycles. The van der Waals surface area contributed by atoms with Crippen LogP contribution >= 0.6 is 12.2 Å². The summed E-state index contributed by atoms with van der Waals surface area (Å²) in [5.74, 6) is 0. The SMILES string of the molecule is O=CN(C=O)C=S. The smallest absolute Gasteiger partial charge is 0.220 e. The highest BCUT2D eigenvalue weighted by molar-refractivity contribution is 7.78. The van der Waals surface area contributed by atoms with E-state index in [2.05, 4.69) is 12.2 Å². The standard InChI is InChI=1S/C3H3NO2S/c5-1-4(2-6)3-7/h1-3H. The molecule has 0 unspecified atom stereocenters. The Balaban J connectivity index is 3.57. The molecule has 0 aliphatic heterocycles. The zero-order valence-electron chi connectivity index (χ0n) is 3.40. The maximum Gasteiger partial charge on any atom is 0.220 e. The van der Waals surface area contributed by atoms with E-state index in [-0.39, 0.29) is 0 Å². The van der Waals surface area contributed by atoms with Crippen molar-refractivity contribution in [2.24, 2.45) is 0 Å². The quantitative estimate of drug-likeness (QED) is 0.371. The third kappa shape index (κ3) is 1.99. The van der Waals surface area contributed by atoms with Crippen molar-refractivity contribution >= 4 is 30.5 Å². The summed E-state index contributed by atoms with van der Waals surface area (Å²) >= 11 is 4.21. The molecule has 0 fully saturated rings. The molecule has 0 saturated heterocycles. The number of carbonyl (C=O) groups is 2. The van der Waals surface area contributed by atoms with Crippen molar-refractivity contribution in [1.29, 1.82) is 0 Å². The number of imide groups is 1. The Morgan fingerprint density at radius 2 is 1.71 bits per heavy atom. The highest BCUT2D eigenvalue weighted by atomic mass is 32.1. The van der Waals surface area contributed by atoms with Crippen LogP contribution in [0.5, 0.6) is 0 Å². The predicted molar refractivity (Wildman–Crippen MR) is 27.6 cm³/mol. The van der Waals surface area contributed by atoms with E-state index in [4.69, 9.17) is 0 Å². The van der Waals surface area contributed by atoms with Crippen molar-refractivity contribution < 1.29 is 9.59 Å². The van der Waals surface area contributed by atoms with Gasteiger partial charge in [-0.25, -0.2) is 0 Å². The van der Waals surface area contributed by atoms with E-state index >= 15 is 0 Å². The molecule has 0 aromatic heterocycles. The third-order valence-electron chi connectivity index (χ3n) is 0.365. The van der Waals surface area contributed by atoms with Gasteiger partial charge in [0.1, 0.15) is 0 Å². The summed E-state index contributed by atoms with van der Waals surface area (Å²) in [5, 5.41) is 0. The predicted octanol–water partition coefficient (Wildman–Crippen LogP) is -0.442. The minimum absolute atomic E-state index is 0.333. The van der Waals surface area contributed by atoms with Crippen LogP contribution in [0.25, 0.3) is 0 Å². The van der Waals surface area contributed by atoms with Crippen molar-refractivity contribution in [2.75, 3.05) is 0 Å². The summed E-state index contributed by atoms with van der Waals surface area (Å²) in [6.45, 7) is 0. The molecule has 0 aliphatic carbocycles. The lowest BCUT2D eigenvalue weighted by atomic mass is 11.0. The Morgan fingerprint density at radius 1 is 1.29 bits per heavy atom. The van der Waals surface area contributed by atoms with Crippen LogP contribution in [0.3, 0.4) is 0 Å². The van der Waals surface area contributed by atoms with Gasteiger partial charge >= 0.3 is 0 Å². The first-order chi connectivity index (χ1) is 3.35. The minimum atomic E-state index is 0.333. The first kappa shape index (κ1) is 6.23. The number of nitrogens with zero attached hydrogens (tertiary/aromatic N) is 1. The van der Waals surface area contributed by atoms with Crippen molar-refractivity contribution in [3.8, 4) is 0 Å². The second-order valence-electron chi connectivity index (χ2n) is 0.763. The Labute approximate surface area is 45.9 Å². The molecule has 0 atom stereocenters. The fourth-order valence-corrected chi connectivity index (χ4v) is 0.174. The van der Waals surface area contributed by atoms with Gasteiger partial charge in [-0.2, -0.15) is 0 Å². The Hall–Kier alpha value is -0.770. The van der Waals surface area contributed by atoms with Gasteiger partial charge in [0.15, 0.2) is 0 Å². The number of amides is 2. The molecule has 7 heavy (non-hydrogen) atoms. The summed E-state index contributed by atoms with van der Waals surface area (Å²) in [6, 6.07) is 0. The molecule has 0 radical (unpaired) electrons. The fourth-order valence-electron chi connectivity index (χ4n) is 0.0745. The molecule has 2 amide bonds. The zero-order chi connectivity index (χ0) is 5.70. The lowest BCUT2D eigenvalue weighted by Gasteiger charge is -1.92. The van der Waals surface area contributed by atoms with Gasteiger partial charge in [0.25, 0.3) is 0 Å². The fraction of sp³-hybridized carbons (Fsp3) is 0. The average molecular weight is 117 g/mol. The molecule has 4 heteroatoms. The number of hydrogen-bond donors (Lipinski definition) is 0. The highest BCUT2D eigenvalue weighted by Crippen LogP contribution is 1.63. The molecule has 38 valence electrons. The molecule has 0 N–H and O–H groups in total. The largest absolute Gasteiger partial charge is 0.278 e. The van der Waals surface area contributed by atoms with Gasteiger partial charge in [-0.05, 0) is 0 Å². The van der Waals surface area contributed by atoms with Crippen LogP contribution in [0.1, 0.15) is 0 Å². The zero-order valence-corrected chi connectivity index (χ0v) is 4.22. The maximum atomic E-state index is 9.56. The number of rotatable bonds is 3. The first-order valence-corrected chi connectivity index (χ1v) is 1.95. The molecule has 0 heterocycles. The van der Waals surface area contributed by atoms with Crippen LogP contribution in [0.2, 0.25) is 0 Å². The Kier molecular flexibility index (Phi) is 3.04. The van der Waals surface area contributed by atoms with Crippen LogP contribution in [0.4, 0.5) is 0 Å². The molecule has 0 bridgehead atoms. The van der Waals surface area contributed by atoms with Crippen LogP contribution in [0.15, 0.2) is 0 Å². The van der Waals surface area contributed by atoms with E-state index in [1.165, 1.54) is 0 Å². The van der Waals surface area contributed by atoms with E-state index in [1.807, 2.05) is 0 Å². The molecular weight excluding hydrogens is 114 g/mol. The van der Waals surface area contributed by atoms with Crippen molar-refractivity contribution in [3.63, 3.8) is 0 Å². The van der Waals surface area contributed by atoms with E-state index < -0.39 is 0 Å². The van der Waals surface area contributed by atoms with E-state index in [9.17, 15) is 9.59 Å². The molecule has 0 rings (SSSR count). The second kappa shape index (κ2) is 3.42. The Morgan fingerprint density at radius 3 is 1.71 bits per heavy atom. The van der Waals surface area contributed by atoms with Gasteiger partial charge in [-0.3, -0.25) is 14.5 Å². The summed E-state index contributed by atoms with van der Waals surface area (Å²) in [5.41, 5.74) is 0.958. The highest BCUT2D eigenvalue weighted by Gasteiger charge is 1.85. The monoisotopic (exact) mass is 117 g/mol. The van der Waals surface area contributed by atoms with Gasteiger partial charge < -0.3 is 0 Å². The van der Waals surface area contributed by atoms with Crippen LogP contribution in [-0.2, 0) is 9.59 Å². The Bertz CT molecular complexity index is 73.9. The van der Waals surface area contributed by atoms with E-state index in [1.54, 1.807) is 0 Å². The molecule has 0 spiro atoms. The first-order valence-electron chi connectivity index (χ1n) is 1.48. The number of hydrogen-bond acceptors (Lipinski definition) is 3. The van der Waals surface area contributed by atoms with Crippen LogP contribution in [0, 0.1) is 0 Å². The lowest BCUT2D eigenvalue weighted by molar-refractivity contribution is -0.124. The average Bonchev–Trinajstić information content (AvgIpc) is 1.72. The molecule has 3 nitrogen and oxygen atoms in total. The van der Waals surface area contributed by atoms with E-state index in [0.717, 1.165) is 5.49 Å². The summed E-state index contributed by atoms with van der Waals surface area (Å²) in [6.07, 6.45) is 0.667. The molecule has 0 aromatic carbocycles. The van der Waals surface area contributed by atoms with Gasteiger partial charge in [-0.1, -0.05) is 12.2 Å². The number of thiocarbonyl (C=S) groups is 1. The summed E-state index contributed by atoms with van der Waals surface area (Å²) in [4.78, 5) is 19.8. The van der Waals surface area contributed by atoms with Crippen molar-refractivity contribution in [3.05, 3.63) is 0 Å². The van der Waals surface area contributed by atoms with Gasteiger partial charge in [0.2, 0.25) is 12.8 Å². The van der Waals surface area contributed by atoms with Crippen LogP contribution < -0.4 is 0 Å². The molecular formula is C3H3NO2S. The van der Waals surface area contributed by atoms with E-state index in [0.29, 0.717) is 17.7 Å². The molecule has 0 aliphatic rings.